The van der Waals surface area contributed by atoms with Crippen LogP contribution in [-0.2, 0) is 6.54 Å². The quantitative estimate of drug-likeness (QED) is 0.891. The van der Waals surface area contributed by atoms with Crippen molar-refractivity contribution in [1.29, 1.82) is 5.26 Å². The Hall–Kier alpha value is -2.06. The summed E-state index contributed by atoms with van der Waals surface area (Å²) in [7, 11) is 1.61. The molecule has 2 aromatic carbocycles. The number of nitriles is 1. The molecule has 0 amide bonds. The zero-order valence-corrected chi connectivity index (χ0v) is 13.3. The molecule has 0 saturated carbocycles. The molecule has 0 radical (unpaired) electrons. The number of ether oxygens (including phenoxy) is 1. The minimum absolute atomic E-state index is 0.297. The maximum Gasteiger partial charge on any atom is 0.129 e. The molecule has 0 fully saturated rings. The first kappa shape index (κ1) is 15.3. The molecule has 5 heteroatoms. The summed E-state index contributed by atoms with van der Waals surface area (Å²) in [5.74, 6) is 0.366. The number of anilines is 1. The fourth-order valence-corrected chi connectivity index (χ4v) is 2.32. The van der Waals surface area contributed by atoms with E-state index in [9.17, 15) is 4.39 Å². The van der Waals surface area contributed by atoms with E-state index in [1.807, 2.05) is 24.3 Å². The average Bonchev–Trinajstić information content (AvgIpc) is 2.50. The first-order valence-corrected chi connectivity index (χ1v) is 7.11. The third-order valence-corrected chi connectivity index (χ3v) is 3.97. The van der Waals surface area contributed by atoms with Crippen LogP contribution in [0.1, 0.15) is 16.7 Å². The van der Waals surface area contributed by atoms with E-state index >= 15 is 0 Å². The molecule has 0 atom stereocenters. The highest BCUT2D eigenvalue weighted by molar-refractivity contribution is 9.10. The van der Waals surface area contributed by atoms with Crippen LogP contribution in [0.15, 0.2) is 34.8 Å². The van der Waals surface area contributed by atoms with Crippen molar-refractivity contribution in [2.45, 2.75) is 13.5 Å². The smallest absolute Gasteiger partial charge is 0.129 e. The van der Waals surface area contributed by atoms with Crippen molar-refractivity contribution in [2.75, 3.05) is 12.4 Å². The number of hydrogen-bond acceptors (Lipinski definition) is 3. The second-order valence-corrected chi connectivity index (χ2v) is 5.41. The summed E-state index contributed by atoms with van der Waals surface area (Å²) >= 11 is 3.47. The molecule has 0 aliphatic heterocycles. The van der Waals surface area contributed by atoms with Crippen molar-refractivity contribution in [3.05, 3.63) is 57.3 Å². The van der Waals surface area contributed by atoms with Gasteiger partial charge in [-0.15, -0.1) is 0 Å². The Kier molecular flexibility index (Phi) is 4.81. The van der Waals surface area contributed by atoms with Gasteiger partial charge in [0, 0.05) is 22.3 Å². The van der Waals surface area contributed by atoms with Gasteiger partial charge in [0.05, 0.1) is 18.7 Å². The number of rotatable bonds is 4. The predicted molar refractivity (Wildman–Crippen MR) is 83.9 cm³/mol. The topological polar surface area (TPSA) is 45.0 Å². The Morgan fingerprint density at radius 3 is 2.76 bits per heavy atom. The number of benzene rings is 2. The van der Waals surface area contributed by atoms with E-state index in [0.29, 0.717) is 23.4 Å². The number of methoxy groups -OCH3 is 1. The lowest BCUT2D eigenvalue weighted by atomic mass is 10.1. The Morgan fingerprint density at radius 1 is 1.33 bits per heavy atom. The lowest BCUT2D eigenvalue weighted by Crippen LogP contribution is -2.04. The highest BCUT2D eigenvalue weighted by atomic mass is 79.9. The molecule has 2 rings (SSSR count). The molecule has 0 bridgehead atoms. The van der Waals surface area contributed by atoms with Gasteiger partial charge in [0.25, 0.3) is 0 Å². The fraction of sp³-hybridized carbons (Fsp3) is 0.188. The summed E-state index contributed by atoms with van der Waals surface area (Å²) in [5, 5.41) is 12.1. The Morgan fingerprint density at radius 2 is 2.10 bits per heavy atom. The molecule has 108 valence electrons. The number of halogens is 2. The highest BCUT2D eigenvalue weighted by Gasteiger charge is 2.08. The molecule has 0 spiro atoms. The van der Waals surface area contributed by atoms with E-state index in [0.717, 1.165) is 15.8 Å². The van der Waals surface area contributed by atoms with Gasteiger partial charge in [0.2, 0.25) is 0 Å². The normalized spacial score (nSPS) is 10.0. The van der Waals surface area contributed by atoms with E-state index in [-0.39, 0.29) is 5.82 Å². The Balaban J connectivity index is 2.24. The van der Waals surface area contributed by atoms with E-state index < -0.39 is 0 Å². The van der Waals surface area contributed by atoms with Gasteiger partial charge in [-0.3, -0.25) is 0 Å². The van der Waals surface area contributed by atoms with Crippen LogP contribution in [0, 0.1) is 24.1 Å². The van der Waals surface area contributed by atoms with Crippen molar-refractivity contribution in [3.63, 3.8) is 0 Å². The van der Waals surface area contributed by atoms with Crippen LogP contribution < -0.4 is 10.1 Å². The largest absolute Gasteiger partial charge is 0.497 e. The molecule has 3 nitrogen and oxygen atoms in total. The standard InChI is InChI=1S/C16H14BrFN2O/c1-10-15(18)5-11(8-19)6-16(10)20-9-12-7-13(21-2)3-4-14(12)17/h3-7,20H,9H2,1-2H3. The number of hydrogen-bond donors (Lipinski definition) is 1. The highest BCUT2D eigenvalue weighted by Crippen LogP contribution is 2.25. The Bertz CT molecular complexity index is 710. The fourth-order valence-electron chi connectivity index (χ4n) is 1.93. The SMILES string of the molecule is COc1ccc(Br)c(CNc2cc(C#N)cc(F)c2C)c1. The van der Waals surface area contributed by atoms with Crippen molar-refractivity contribution >= 4 is 21.6 Å². The lowest BCUT2D eigenvalue weighted by molar-refractivity contribution is 0.414. The van der Waals surface area contributed by atoms with Gasteiger partial charge in [-0.25, -0.2) is 4.39 Å². The third kappa shape index (κ3) is 3.53. The third-order valence-electron chi connectivity index (χ3n) is 3.20. The van der Waals surface area contributed by atoms with Gasteiger partial charge >= 0.3 is 0 Å². The van der Waals surface area contributed by atoms with E-state index in [4.69, 9.17) is 10.00 Å². The molecular formula is C16H14BrFN2O. The summed E-state index contributed by atoms with van der Waals surface area (Å²) in [5.41, 5.74) is 2.39. The summed E-state index contributed by atoms with van der Waals surface area (Å²) < 4.78 is 19.9. The summed E-state index contributed by atoms with van der Waals surface area (Å²) in [6, 6.07) is 10.5. The zero-order valence-electron chi connectivity index (χ0n) is 11.7. The van der Waals surface area contributed by atoms with Gasteiger partial charge in [-0.05, 0) is 42.8 Å². The molecule has 21 heavy (non-hydrogen) atoms. The van der Waals surface area contributed by atoms with Gasteiger partial charge in [-0.2, -0.15) is 5.26 Å². The van der Waals surface area contributed by atoms with Gasteiger partial charge in [0.15, 0.2) is 0 Å². The van der Waals surface area contributed by atoms with Gasteiger partial charge in [-0.1, -0.05) is 15.9 Å². The molecule has 0 heterocycles. The first-order chi connectivity index (χ1) is 10.0. The van der Waals surface area contributed by atoms with E-state index in [2.05, 4.69) is 21.2 Å². The molecule has 2 aromatic rings. The molecule has 0 aromatic heterocycles. The zero-order chi connectivity index (χ0) is 15.4. The first-order valence-electron chi connectivity index (χ1n) is 6.31. The van der Waals surface area contributed by atoms with Crippen LogP contribution in [0.2, 0.25) is 0 Å². The van der Waals surface area contributed by atoms with Gasteiger partial charge < -0.3 is 10.1 Å². The summed E-state index contributed by atoms with van der Waals surface area (Å²) in [4.78, 5) is 0. The minimum atomic E-state index is -0.388. The van der Waals surface area contributed by atoms with Crippen LogP contribution >= 0.6 is 15.9 Å². The predicted octanol–water partition coefficient (Wildman–Crippen LogP) is 4.39. The maximum atomic E-state index is 13.7. The van der Waals surface area contributed by atoms with Crippen molar-refractivity contribution in [3.8, 4) is 11.8 Å². The van der Waals surface area contributed by atoms with Crippen LogP contribution in [0.4, 0.5) is 10.1 Å². The van der Waals surface area contributed by atoms with Crippen LogP contribution in [0.5, 0.6) is 5.75 Å². The van der Waals surface area contributed by atoms with Crippen molar-refractivity contribution < 1.29 is 9.13 Å². The molecule has 0 unspecified atom stereocenters. The monoisotopic (exact) mass is 348 g/mol. The average molecular weight is 349 g/mol. The van der Waals surface area contributed by atoms with E-state index in [1.165, 1.54) is 6.07 Å². The van der Waals surface area contributed by atoms with Crippen LogP contribution in [0.25, 0.3) is 0 Å². The van der Waals surface area contributed by atoms with Crippen molar-refractivity contribution in [2.24, 2.45) is 0 Å². The van der Waals surface area contributed by atoms with Gasteiger partial charge in [0.1, 0.15) is 11.6 Å². The molecule has 0 aliphatic carbocycles. The summed E-state index contributed by atoms with van der Waals surface area (Å²) in [6.07, 6.45) is 0. The number of nitrogens with one attached hydrogen (secondary N) is 1. The van der Waals surface area contributed by atoms with Crippen LogP contribution in [-0.4, -0.2) is 7.11 Å². The maximum absolute atomic E-state index is 13.7. The van der Waals surface area contributed by atoms with E-state index in [1.54, 1.807) is 20.1 Å². The minimum Gasteiger partial charge on any atom is -0.497 e. The van der Waals surface area contributed by atoms with Crippen LogP contribution in [0.3, 0.4) is 0 Å². The number of nitrogens with zero attached hydrogens (tertiary/aromatic N) is 1. The second-order valence-electron chi connectivity index (χ2n) is 4.55. The van der Waals surface area contributed by atoms with Crippen molar-refractivity contribution in [1.82, 2.24) is 0 Å². The molecule has 0 aliphatic rings. The Labute approximate surface area is 131 Å². The molecule has 1 N–H and O–H groups in total. The molecular weight excluding hydrogens is 335 g/mol. The summed E-state index contributed by atoms with van der Waals surface area (Å²) in [6.45, 7) is 2.17. The second kappa shape index (κ2) is 6.59. The lowest BCUT2D eigenvalue weighted by Gasteiger charge is -2.13. The molecule has 0 saturated heterocycles.